The van der Waals surface area contributed by atoms with Crippen LogP contribution in [0.4, 0.5) is 4.39 Å². The maximum atomic E-state index is 13.8. The molecule has 0 radical (unpaired) electrons. The van der Waals surface area contributed by atoms with Crippen molar-refractivity contribution in [1.29, 1.82) is 0 Å². The summed E-state index contributed by atoms with van der Waals surface area (Å²) in [5.41, 5.74) is 0.661. The van der Waals surface area contributed by atoms with Gasteiger partial charge in [0.05, 0.1) is 0 Å². The van der Waals surface area contributed by atoms with Gasteiger partial charge in [0, 0.05) is 19.5 Å². The van der Waals surface area contributed by atoms with Gasteiger partial charge in [-0.1, -0.05) is 6.07 Å². The summed E-state index contributed by atoms with van der Waals surface area (Å²) in [5.74, 6) is -1.94. The fourth-order valence-corrected chi connectivity index (χ4v) is 4.31. The molecular formula is C14H18FNO4S. The Morgan fingerprint density at radius 2 is 2.19 bits per heavy atom. The number of aliphatic carboxylic acids is 1. The van der Waals surface area contributed by atoms with Crippen LogP contribution in [0, 0.1) is 18.7 Å². The number of carboxylic acids is 1. The molecule has 0 bridgehead atoms. The Balaban J connectivity index is 2.26. The highest BCUT2D eigenvalue weighted by Crippen LogP contribution is 2.27. The van der Waals surface area contributed by atoms with Crippen LogP contribution in [-0.2, 0) is 14.8 Å². The Labute approximate surface area is 123 Å². The molecule has 1 aliphatic rings. The number of aryl methyl sites for hydroxylation is 1. The second kappa shape index (κ2) is 6.11. The number of benzene rings is 1. The molecular weight excluding hydrogens is 297 g/mol. The largest absolute Gasteiger partial charge is 0.481 e. The number of piperidine rings is 1. The van der Waals surface area contributed by atoms with E-state index in [9.17, 15) is 17.6 Å². The monoisotopic (exact) mass is 315 g/mol. The SMILES string of the molecule is Cc1ccc(F)c(S(=O)(=O)N2CCCC(CC(=O)O)C2)c1. The fraction of sp³-hybridized carbons (Fsp3) is 0.500. The highest BCUT2D eigenvalue weighted by Gasteiger charge is 2.32. The van der Waals surface area contributed by atoms with E-state index in [4.69, 9.17) is 5.11 Å². The first-order valence-corrected chi connectivity index (χ1v) is 8.23. The van der Waals surface area contributed by atoms with Crippen molar-refractivity contribution < 1.29 is 22.7 Å². The minimum Gasteiger partial charge on any atom is -0.481 e. The summed E-state index contributed by atoms with van der Waals surface area (Å²) in [7, 11) is -3.92. The molecule has 5 nitrogen and oxygen atoms in total. The van der Waals surface area contributed by atoms with Gasteiger partial charge in [-0.25, -0.2) is 12.8 Å². The molecule has 116 valence electrons. The van der Waals surface area contributed by atoms with E-state index in [1.165, 1.54) is 16.4 Å². The molecule has 21 heavy (non-hydrogen) atoms. The molecule has 1 aromatic rings. The van der Waals surface area contributed by atoms with Gasteiger partial charge in [-0.05, 0) is 43.4 Å². The van der Waals surface area contributed by atoms with E-state index < -0.39 is 21.8 Å². The van der Waals surface area contributed by atoms with E-state index in [0.717, 1.165) is 6.07 Å². The Kier molecular flexibility index (Phi) is 4.63. The molecule has 0 spiro atoms. The lowest BCUT2D eigenvalue weighted by Gasteiger charge is -2.31. The number of carbonyl (C=O) groups is 1. The molecule has 1 unspecified atom stereocenters. The van der Waals surface area contributed by atoms with Crippen LogP contribution in [-0.4, -0.2) is 36.9 Å². The zero-order valence-electron chi connectivity index (χ0n) is 11.8. The fourth-order valence-electron chi connectivity index (χ4n) is 2.61. The number of carboxylic acid groups (broad SMARTS) is 1. The molecule has 2 rings (SSSR count). The van der Waals surface area contributed by atoms with Gasteiger partial charge in [-0.15, -0.1) is 0 Å². The molecule has 0 amide bonds. The Bertz CT molecular complexity index is 644. The first-order valence-electron chi connectivity index (χ1n) is 6.79. The van der Waals surface area contributed by atoms with Crippen LogP contribution >= 0.6 is 0 Å². The first-order chi connectivity index (χ1) is 9.80. The third-order valence-corrected chi connectivity index (χ3v) is 5.53. The Morgan fingerprint density at radius 3 is 2.86 bits per heavy atom. The predicted molar refractivity (Wildman–Crippen MR) is 74.9 cm³/mol. The summed E-state index contributed by atoms with van der Waals surface area (Å²) in [5, 5.41) is 8.82. The molecule has 1 fully saturated rings. The van der Waals surface area contributed by atoms with Gasteiger partial charge < -0.3 is 5.11 Å². The van der Waals surface area contributed by atoms with Crippen LogP contribution in [0.3, 0.4) is 0 Å². The van der Waals surface area contributed by atoms with E-state index in [1.54, 1.807) is 6.92 Å². The summed E-state index contributed by atoms with van der Waals surface area (Å²) < 4.78 is 40.1. The lowest BCUT2D eigenvalue weighted by atomic mass is 9.96. The molecule has 1 aromatic carbocycles. The summed E-state index contributed by atoms with van der Waals surface area (Å²) in [6.07, 6.45) is 1.20. The van der Waals surface area contributed by atoms with Crippen LogP contribution in [0.15, 0.2) is 23.1 Å². The van der Waals surface area contributed by atoms with E-state index >= 15 is 0 Å². The summed E-state index contributed by atoms with van der Waals surface area (Å²) in [6.45, 7) is 2.12. The molecule has 0 saturated carbocycles. The highest BCUT2D eigenvalue weighted by molar-refractivity contribution is 7.89. The third-order valence-electron chi connectivity index (χ3n) is 3.65. The minimum absolute atomic E-state index is 0.0671. The smallest absolute Gasteiger partial charge is 0.303 e. The average molecular weight is 315 g/mol. The van der Waals surface area contributed by atoms with Gasteiger partial charge >= 0.3 is 5.97 Å². The molecule has 1 heterocycles. The van der Waals surface area contributed by atoms with Gasteiger partial charge in [0.25, 0.3) is 0 Å². The lowest BCUT2D eigenvalue weighted by molar-refractivity contribution is -0.138. The molecule has 7 heteroatoms. The predicted octanol–water partition coefficient (Wildman–Crippen LogP) is 2.01. The van der Waals surface area contributed by atoms with Gasteiger partial charge in [-0.3, -0.25) is 4.79 Å². The topological polar surface area (TPSA) is 74.7 Å². The third kappa shape index (κ3) is 3.59. The summed E-state index contributed by atoms with van der Waals surface area (Å²) in [6, 6.07) is 3.96. The van der Waals surface area contributed by atoms with Crippen molar-refractivity contribution in [3.05, 3.63) is 29.6 Å². The van der Waals surface area contributed by atoms with Crippen molar-refractivity contribution in [1.82, 2.24) is 4.31 Å². The maximum Gasteiger partial charge on any atom is 0.303 e. The van der Waals surface area contributed by atoms with Gasteiger partial charge in [0.1, 0.15) is 10.7 Å². The average Bonchev–Trinajstić information content (AvgIpc) is 2.41. The van der Waals surface area contributed by atoms with Crippen LogP contribution in [0.25, 0.3) is 0 Å². The van der Waals surface area contributed by atoms with Crippen molar-refractivity contribution in [2.24, 2.45) is 5.92 Å². The Hall–Kier alpha value is -1.47. The van der Waals surface area contributed by atoms with Crippen LogP contribution in [0.2, 0.25) is 0 Å². The van der Waals surface area contributed by atoms with Gasteiger partial charge in [0.15, 0.2) is 0 Å². The highest BCUT2D eigenvalue weighted by atomic mass is 32.2. The quantitative estimate of drug-likeness (QED) is 0.922. The molecule has 1 saturated heterocycles. The number of sulfonamides is 1. The van der Waals surface area contributed by atoms with Crippen molar-refractivity contribution in [3.8, 4) is 0 Å². The minimum atomic E-state index is -3.92. The van der Waals surface area contributed by atoms with E-state index in [0.29, 0.717) is 24.9 Å². The van der Waals surface area contributed by atoms with E-state index in [2.05, 4.69) is 0 Å². The molecule has 0 aliphatic carbocycles. The number of rotatable bonds is 4. The second-order valence-electron chi connectivity index (χ2n) is 5.40. The van der Waals surface area contributed by atoms with Crippen molar-refractivity contribution >= 4 is 16.0 Å². The number of nitrogens with zero attached hydrogens (tertiary/aromatic N) is 1. The van der Waals surface area contributed by atoms with E-state index in [1.807, 2.05) is 0 Å². The van der Waals surface area contributed by atoms with Gasteiger partial charge in [0.2, 0.25) is 10.0 Å². The van der Waals surface area contributed by atoms with E-state index in [-0.39, 0.29) is 23.8 Å². The van der Waals surface area contributed by atoms with Gasteiger partial charge in [-0.2, -0.15) is 4.31 Å². The number of hydrogen-bond acceptors (Lipinski definition) is 3. The molecule has 0 aromatic heterocycles. The lowest BCUT2D eigenvalue weighted by Crippen LogP contribution is -2.40. The van der Waals surface area contributed by atoms with Crippen molar-refractivity contribution in [3.63, 3.8) is 0 Å². The normalized spacial score (nSPS) is 20.4. The molecule has 1 atom stereocenters. The van der Waals surface area contributed by atoms with Crippen LogP contribution in [0.5, 0.6) is 0 Å². The van der Waals surface area contributed by atoms with Crippen LogP contribution in [0.1, 0.15) is 24.8 Å². The van der Waals surface area contributed by atoms with Crippen molar-refractivity contribution in [2.75, 3.05) is 13.1 Å². The Morgan fingerprint density at radius 1 is 1.48 bits per heavy atom. The molecule has 1 N–H and O–H groups in total. The summed E-state index contributed by atoms with van der Waals surface area (Å²) >= 11 is 0. The van der Waals surface area contributed by atoms with Crippen molar-refractivity contribution in [2.45, 2.75) is 31.1 Å². The zero-order chi connectivity index (χ0) is 15.6. The van der Waals surface area contributed by atoms with Crippen LogP contribution < -0.4 is 0 Å². The second-order valence-corrected chi connectivity index (χ2v) is 7.31. The zero-order valence-corrected chi connectivity index (χ0v) is 12.6. The molecule has 1 aliphatic heterocycles. The number of hydrogen-bond donors (Lipinski definition) is 1. The number of halogens is 1. The summed E-state index contributed by atoms with van der Waals surface area (Å²) in [4.78, 5) is 10.4. The first kappa shape index (κ1) is 15.9. The maximum absolute atomic E-state index is 13.8. The standard InChI is InChI=1S/C14H18FNO4S/c1-10-4-5-12(15)13(7-10)21(19,20)16-6-2-3-11(9-16)8-14(17)18/h4-5,7,11H,2-3,6,8-9H2,1H3,(H,17,18).